The summed E-state index contributed by atoms with van der Waals surface area (Å²) < 4.78 is 0. The van der Waals surface area contributed by atoms with Crippen molar-refractivity contribution in [3.63, 3.8) is 0 Å². The van der Waals surface area contributed by atoms with Gasteiger partial charge in [-0.05, 0) is 23.0 Å². The average Bonchev–Trinajstić information content (AvgIpc) is 2.48. The molecule has 0 unspecified atom stereocenters. The molecule has 1 aromatic carbocycles. The van der Waals surface area contributed by atoms with Gasteiger partial charge in [0, 0.05) is 18.3 Å². The minimum Gasteiger partial charge on any atom is -0.360 e. The number of benzene rings is 1. The lowest BCUT2D eigenvalue weighted by Crippen LogP contribution is -2.65. The minimum atomic E-state index is -0.510. The van der Waals surface area contributed by atoms with Crippen LogP contribution in [0.2, 0.25) is 0 Å². The quantitative estimate of drug-likeness (QED) is 0.697. The number of fused-ring (bicyclic) bond motifs is 1. The van der Waals surface area contributed by atoms with Gasteiger partial charge in [0.1, 0.15) is 5.54 Å². The van der Waals surface area contributed by atoms with E-state index < -0.39 is 5.54 Å². The number of para-hydroxylation sites is 1. The SMILES string of the molecule is CN1c2ccccc2C(=O)C1(C(C)(C)C)C(C)(C)C. The maximum atomic E-state index is 13.2. The largest absolute Gasteiger partial charge is 0.360 e. The molecule has 2 heteroatoms. The first-order chi connectivity index (χ1) is 8.55. The third kappa shape index (κ3) is 1.58. The fourth-order valence-electron chi connectivity index (χ4n) is 4.30. The predicted molar refractivity (Wildman–Crippen MR) is 80.8 cm³/mol. The van der Waals surface area contributed by atoms with E-state index in [9.17, 15) is 4.79 Å². The summed E-state index contributed by atoms with van der Waals surface area (Å²) in [5.74, 6) is 0.255. The Labute approximate surface area is 116 Å². The molecular formula is C17H25NO. The Morgan fingerprint density at radius 3 is 1.84 bits per heavy atom. The van der Waals surface area contributed by atoms with E-state index in [1.165, 1.54) is 0 Å². The van der Waals surface area contributed by atoms with Crippen molar-refractivity contribution in [3.05, 3.63) is 29.8 Å². The molecule has 19 heavy (non-hydrogen) atoms. The molecule has 0 N–H and O–H groups in total. The van der Waals surface area contributed by atoms with Gasteiger partial charge in [0.15, 0.2) is 5.78 Å². The highest BCUT2D eigenvalue weighted by molar-refractivity contribution is 6.15. The number of rotatable bonds is 0. The second-order valence-electron chi connectivity index (χ2n) is 7.62. The molecule has 0 saturated carbocycles. The molecular weight excluding hydrogens is 234 g/mol. The van der Waals surface area contributed by atoms with Gasteiger partial charge in [-0.2, -0.15) is 0 Å². The van der Waals surface area contributed by atoms with Crippen LogP contribution in [-0.4, -0.2) is 18.4 Å². The molecule has 0 spiro atoms. The van der Waals surface area contributed by atoms with Crippen LogP contribution in [0.1, 0.15) is 51.9 Å². The third-order valence-electron chi connectivity index (χ3n) is 4.51. The van der Waals surface area contributed by atoms with Crippen molar-refractivity contribution in [2.24, 2.45) is 10.8 Å². The van der Waals surface area contributed by atoms with Crippen LogP contribution >= 0.6 is 0 Å². The van der Waals surface area contributed by atoms with Gasteiger partial charge < -0.3 is 4.90 Å². The Balaban J connectivity index is 2.78. The Hall–Kier alpha value is -1.31. The summed E-state index contributed by atoms with van der Waals surface area (Å²) in [6.45, 7) is 13.0. The van der Waals surface area contributed by atoms with E-state index in [1.807, 2.05) is 24.3 Å². The third-order valence-corrected chi connectivity index (χ3v) is 4.51. The van der Waals surface area contributed by atoms with Gasteiger partial charge in [0.25, 0.3) is 0 Å². The summed E-state index contributed by atoms with van der Waals surface area (Å²) in [7, 11) is 2.06. The van der Waals surface area contributed by atoms with E-state index in [2.05, 4.69) is 53.5 Å². The van der Waals surface area contributed by atoms with Crippen LogP contribution in [0.25, 0.3) is 0 Å². The van der Waals surface area contributed by atoms with Crippen LogP contribution in [0.4, 0.5) is 5.69 Å². The first-order valence-corrected chi connectivity index (χ1v) is 6.93. The van der Waals surface area contributed by atoms with Gasteiger partial charge in [0.05, 0.1) is 0 Å². The second kappa shape index (κ2) is 3.84. The summed E-state index contributed by atoms with van der Waals surface area (Å²) >= 11 is 0. The molecule has 1 aromatic rings. The smallest absolute Gasteiger partial charge is 0.191 e. The van der Waals surface area contributed by atoms with Crippen LogP contribution in [0, 0.1) is 10.8 Å². The van der Waals surface area contributed by atoms with Gasteiger partial charge in [0.2, 0.25) is 0 Å². The summed E-state index contributed by atoms with van der Waals surface area (Å²) in [4.78, 5) is 15.4. The van der Waals surface area contributed by atoms with Gasteiger partial charge in [-0.15, -0.1) is 0 Å². The number of hydrogen-bond donors (Lipinski definition) is 0. The molecule has 0 radical (unpaired) electrons. The second-order valence-corrected chi connectivity index (χ2v) is 7.62. The zero-order valence-electron chi connectivity index (χ0n) is 13.2. The van der Waals surface area contributed by atoms with Crippen LogP contribution in [0.5, 0.6) is 0 Å². The Morgan fingerprint density at radius 2 is 1.42 bits per heavy atom. The van der Waals surface area contributed by atoms with E-state index in [0.717, 1.165) is 11.3 Å². The van der Waals surface area contributed by atoms with Crippen LogP contribution in [0.15, 0.2) is 24.3 Å². The van der Waals surface area contributed by atoms with Crippen molar-refractivity contribution in [2.45, 2.75) is 47.1 Å². The molecule has 1 heterocycles. The zero-order chi connectivity index (χ0) is 14.6. The number of ketones is 1. The van der Waals surface area contributed by atoms with Crippen molar-refractivity contribution < 1.29 is 4.79 Å². The van der Waals surface area contributed by atoms with Gasteiger partial charge in [-0.3, -0.25) is 4.79 Å². The normalized spacial score (nSPS) is 18.7. The molecule has 0 aromatic heterocycles. The monoisotopic (exact) mass is 259 g/mol. The van der Waals surface area contributed by atoms with Crippen LogP contribution in [0.3, 0.4) is 0 Å². The number of hydrogen-bond acceptors (Lipinski definition) is 2. The summed E-state index contributed by atoms with van der Waals surface area (Å²) in [5.41, 5.74) is 1.11. The van der Waals surface area contributed by atoms with E-state index in [1.54, 1.807) is 0 Å². The van der Waals surface area contributed by atoms with E-state index >= 15 is 0 Å². The molecule has 1 aliphatic heterocycles. The van der Waals surface area contributed by atoms with Gasteiger partial charge in [-0.25, -0.2) is 0 Å². The van der Waals surface area contributed by atoms with Crippen LogP contribution < -0.4 is 4.90 Å². The lowest BCUT2D eigenvalue weighted by Gasteiger charge is -2.54. The molecule has 0 bridgehead atoms. The number of Topliss-reactive ketones (excluding diaryl/α,β-unsaturated/α-hetero) is 1. The standard InChI is InChI=1S/C17H25NO/c1-15(2,3)17(16(4,5)6)14(19)12-10-8-9-11-13(12)18(17)7/h8-11H,1-7H3. The van der Waals surface area contributed by atoms with Crippen molar-refractivity contribution >= 4 is 11.5 Å². The van der Waals surface area contributed by atoms with E-state index in [0.29, 0.717) is 0 Å². The summed E-state index contributed by atoms with van der Waals surface area (Å²) in [6.07, 6.45) is 0. The highest BCUT2D eigenvalue weighted by Crippen LogP contribution is 2.55. The van der Waals surface area contributed by atoms with E-state index in [4.69, 9.17) is 0 Å². The highest BCUT2D eigenvalue weighted by Gasteiger charge is 2.62. The maximum Gasteiger partial charge on any atom is 0.191 e. The first-order valence-electron chi connectivity index (χ1n) is 6.93. The van der Waals surface area contributed by atoms with Crippen LogP contribution in [-0.2, 0) is 0 Å². The van der Waals surface area contributed by atoms with Crippen molar-refractivity contribution in [2.75, 3.05) is 11.9 Å². The van der Waals surface area contributed by atoms with Gasteiger partial charge >= 0.3 is 0 Å². The highest BCUT2D eigenvalue weighted by atomic mass is 16.1. The van der Waals surface area contributed by atoms with Crippen molar-refractivity contribution in [3.8, 4) is 0 Å². The fourth-order valence-corrected chi connectivity index (χ4v) is 4.30. The Bertz CT molecular complexity index is 503. The molecule has 0 fully saturated rings. The lowest BCUT2D eigenvalue weighted by atomic mass is 9.58. The molecule has 0 amide bonds. The molecule has 104 valence electrons. The molecule has 0 aliphatic carbocycles. The molecule has 0 saturated heterocycles. The summed E-state index contributed by atoms with van der Waals surface area (Å²) in [6, 6.07) is 7.95. The molecule has 2 nitrogen and oxygen atoms in total. The number of anilines is 1. The zero-order valence-corrected chi connectivity index (χ0v) is 13.2. The minimum absolute atomic E-state index is 0.143. The average molecular weight is 259 g/mol. The van der Waals surface area contributed by atoms with Gasteiger partial charge in [-0.1, -0.05) is 53.7 Å². The summed E-state index contributed by atoms with van der Waals surface area (Å²) in [5, 5.41) is 0. The molecule has 0 atom stereocenters. The Kier molecular flexibility index (Phi) is 2.85. The maximum absolute atomic E-state index is 13.2. The molecule has 2 rings (SSSR count). The fraction of sp³-hybridized carbons (Fsp3) is 0.588. The topological polar surface area (TPSA) is 20.3 Å². The molecule has 1 aliphatic rings. The number of nitrogens with zero attached hydrogens (tertiary/aromatic N) is 1. The number of carbonyl (C=O) groups excluding carboxylic acids is 1. The lowest BCUT2D eigenvalue weighted by molar-refractivity contribution is 0.0444. The first kappa shape index (κ1) is 14.1. The van der Waals surface area contributed by atoms with E-state index in [-0.39, 0.29) is 16.6 Å². The predicted octanol–water partition coefficient (Wildman–Crippen LogP) is 4.15. The number of carbonyl (C=O) groups is 1. The van der Waals surface area contributed by atoms with Crippen molar-refractivity contribution in [1.82, 2.24) is 0 Å². The number of likely N-dealkylation sites (N-methyl/N-ethyl adjacent to an activating group) is 1. The Morgan fingerprint density at radius 1 is 0.947 bits per heavy atom. The van der Waals surface area contributed by atoms with Crippen molar-refractivity contribution in [1.29, 1.82) is 0 Å².